The molecular weight excluding hydrogens is 252 g/mol. The second-order valence-corrected chi connectivity index (χ2v) is 4.55. The number of nitrogens with zero attached hydrogens (tertiary/aromatic N) is 2. The summed E-state index contributed by atoms with van der Waals surface area (Å²) >= 11 is 0. The highest BCUT2D eigenvalue weighted by molar-refractivity contribution is 5.95. The van der Waals surface area contributed by atoms with Gasteiger partial charge < -0.3 is 20.9 Å². The fourth-order valence-corrected chi connectivity index (χ4v) is 1.87. The van der Waals surface area contributed by atoms with Crippen LogP contribution in [0.25, 0.3) is 0 Å². The summed E-state index contributed by atoms with van der Waals surface area (Å²) in [5.74, 6) is -1.54. The topological polar surface area (TPSA) is 127 Å². The Morgan fingerprint density at radius 3 is 2.84 bits per heavy atom. The lowest BCUT2D eigenvalue weighted by Crippen LogP contribution is -2.44. The number of anilines is 1. The van der Waals surface area contributed by atoms with Crippen LogP contribution in [-0.4, -0.2) is 46.2 Å². The summed E-state index contributed by atoms with van der Waals surface area (Å²) in [5, 5.41) is 12.1. The van der Waals surface area contributed by atoms with Crippen molar-refractivity contribution >= 4 is 17.7 Å². The maximum absolute atomic E-state index is 11.3. The zero-order valence-corrected chi connectivity index (χ0v) is 10.3. The average Bonchev–Trinajstić information content (AvgIpc) is 2.73. The monoisotopic (exact) mass is 266 g/mol. The van der Waals surface area contributed by atoms with E-state index in [1.54, 1.807) is 6.92 Å². The Kier molecular flexibility index (Phi) is 3.34. The molecule has 0 saturated carbocycles. The van der Waals surface area contributed by atoms with Gasteiger partial charge in [-0.1, -0.05) is 0 Å². The number of carboxylic acids is 1. The Bertz CT molecular complexity index is 521. The first-order valence-corrected chi connectivity index (χ1v) is 5.63. The number of aliphatic carboxylic acids is 1. The van der Waals surface area contributed by atoms with Crippen LogP contribution in [-0.2, 0) is 9.53 Å². The first-order chi connectivity index (χ1) is 8.95. The average molecular weight is 266 g/mol. The van der Waals surface area contributed by atoms with Crippen molar-refractivity contribution in [1.29, 1.82) is 0 Å². The summed E-state index contributed by atoms with van der Waals surface area (Å²) in [6, 6.07) is -0.514. The molecule has 2 unspecified atom stereocenters. The van der Waals surface area contributed by atoms with E-state index in [1.807, 2.05) is 0 Å². The number of rotatable bonds is 4. The van der Waals surface area contributed by atoms with Crippen LogP contribution in [0, 0.1) is 5.41 Å². The lowest BCUT2D eigenvalue weighted by Gasteiger charge is -2.26. The number of carbonyl (C=O) groups excluding carboxylic acids is 1. The first-order valence-electron chi connectivity index (χ1n) is 5.63. The van der Waals surface area contributed by atoms with Gasteiger partial charge in [0.15, 0.2) is 11.5 Å². The van der Waals surface area contributed by atoms with Crippen molar-refractivity contribution in [3.05, 3.63) is 18.1 Å². The summed E-state index contributed by atoms with van der Waals surface area (Å²) < 4.78 is 5.20. The van der Waals surface area contributed by atoms with E-state index in [0.717, 1.165) is 0 Å². The maximum atomic E-state index is 11.3. The van der Waals surface area contributed by atoms with Crippen LogP contribution in [0.4, 0.5) is 5.82 Å². The molecule has 8 heteroatoms. The van der Waals surface area contributed by atoms with Crippen molar-refractivity contribution in [2.75, 3.05) is 18.5 Å². The Morgan fingerprint density at radius 2 is 2.21 bits per heavy atom. The van der Waals surface area contributed by atoms with E-state index in [9.17, 15) is 14.7 Å². The first kappa shape index (κ1) is 13.2. The molecule has 0 aromatic carbocycles. The molecule has 4 N–H and O–H groups in total. The molecule has 2 rings (SSSR count). The fraction of sp³-hybridized carbons (Fsp3) is 0.455. The third kappa shape index (κ3) is 2.34. The second-order valence-electron chi connectivity index (χ2n) is 4.55. The highest BCUT2D eigenvalue weighted by atomic mass is 16.5. The SMILES string of the molecule is CC1(C(=O)O)COCC1Nc1nccnc1C(N)=O. The molecule has 1 aromatic rings. The van der Waals surface area contributed by atoms with Crippen LogP contribution >= 0.6 is 0 Å². The number of ether oxygens (including phenoxy) is 1. The van der Waals surface area contributed by atoms with Gasteiger partial charge in [0.1, 0.15) is 5.41 Å². The molecule has 0 spiro atoms. The quantitative estimate of drug-likeness (QED) is 0.668. The van der Waals surface area contributed by atoms with Crippen LogP contribution in [0.2, 0.25) is 0 Å². The number of amides is 1. The fourth-order valence-electron chi connectivity index (χ4n) is 1.87. The van der Waals surface area contributed by atoms with Gasteiger partial charge in [0.25, 0.3) is 5.91 Å². The number of nitrogens with one attached hydrogen (secondary N) is 1. The van der Waals surface area contributed by atoms with E-state index in [-0.39, 0.29) is 24.7 Å². The minimum Gasteiger partial charge on any atom is -0.481 e. The highest BCUT2D eigenvalue weighted by Gasteiger charge is 2.47. The Balaban J connectivity index is 2.27. The predicted molar refractivity (Wildman–Crippen MR) is 64.5 cm³/mol. The number of carbonyl (C=O) groups is 2. The van der Waals surface area contributed by atoms with E-state index in [4.69, 9.17) is 10.5 Å². The molecule has 1 aliphatic rings. The van der Waals surface area contributed by atoms with E-state index in [2.05, 4.69) is 15.3 Å². The van der Waals surface area contributed by atoms with Gasteiger partial charge in [0.05, 0.1) is 19.3 Å². The predicted octanol–water partition coefficient (Wildman–Crippen LogP) is -0.523. The van der Waals surface area contributed by atoms with Crippen LogP contribution in [0.15, 0.2) is 12.4 Å². The lowest BCUT2D eigenvalue weighted by molar-refractivity contribution is -0.148. The molecule has 1 aliphatic heterocycles. The number of carboxylic acid groups (broad SMARTS) is 1. The lowest BCUT2D eigenvalue weighted by atomic mass is 9.85. The molecule has 0 radical (unpaired) electrons. The minimum atomic E-state index is -1.09. The number of hydrogen-bond donors (Lipinski definition) is 3. The summed E-state index contributed by atoms with van der Waals surface area (Å²) in [6.45, 7) is 1.87. The Morgan fingerprint density at radius 1 is 1.53 bits per heavy atom. The van der Waals surface area contributed by atoms with Gasteiger partial charge in [-0.25, -0.2) is 9.97 Å². The van der Waals surface area contributed by atoms with E-state index >= 15 is 0 Å². The van der Waals surface area contributed by atoms with Gasteiger partial charge in [0, 0.05) is 12.4 Å². The van der Waals surface area contributed by atoms with E-state index < -0.39 is 23.3 Å². The Hall–Kier alpha value is -2.22. The number of hydrogen-bond acceptors (Lipinski definition) is 6. The van der Waals surface area contributed by atoms with E-state index in [0.29, 0.717) is 0 Å². The highest BCUT2D eigenvalue weighted by Crippen LogP contribution is 2.31. The molecule has 1 amide bonds. The zero-order chi connectivity index (χ0) is 14.0. The van der Waals surface area contributed by atoms with Crippen molar-refractivity contribution in [3.8, 4) is 0 Å². The van der Waals surface area contributed by atoms with Crippen LogP contribution in [0.3, 0.4) is 0 Å². The molecule has 2 atom stereocenters. The molecule has 0 bridgehead atoms. The van der Waals surface area contributed by atoms with Crippen LogP contribution in [0.5, 0.6) is 0 Å². The molecule has 1 aromatic heterocycles. The summed E-state index contributed by atoms with van der Waals surface area (Å²) in [6.07, 6.45) is 2.73. The molecule has 102 valence electrons. The van der Waals surface area contributed by atoms with Crippen molar-refractivity contribution in [2.24, 2.45) is 11.1 Å². The molecule has 1 fully saturated rings. The van der Waals surface area contributed by atoms with Gasteiger partial charge in [-0.15, -0.1) is 0 Å². The second kappa shape index (κ2) is 4.81. The summed E-state index contributed by atoms with van der Waals surface area (Å²) in [5.41, 5.74) is 4.07. The number of aromatic nitrogens is 2. The van der Waals surface area contributed by atoms with Gasteiger partial charge in [-0.3, -0.25) is 9.59 Å². The van der Waals surface area contributed by atoms with E-state index in [1.165, 1.54) is 12.4 Å². The summed E-state index contributed by atoms with van der Waals surface area (Å²) in [7, 11) is 0. The van der Waals surface area contributed by atoms with Gasteiger partial charge >= 0.3 is 5.97 Å². The van der Waals surface area contributed by atoms with Crippen molar-refractivity contribution in [2.45, 2.75) is 13.0 Å². The maximum Gasteiger partial charge on any atom is 0.313 e. The third-order valence-corrected chi connectivity index (χ3v) is 3.19. The third-order valence-electron chi connectivity index (χ3n) is 3.19. The standard InChI is InChI=1S/C11H14N4O4/c1-11(10(17)18)5-19-4-6(11)15-9-7(8(12)16)13-2-3-14-9/h2-3,6H,4-5H2,1H3,(H2,12,16)(H,14,15)(H,17,18). The van der Waals surface area contributed by atoms with Gasteiger partial charge in [-0.2, -0.15) is 0 Å². The minimum absolute atomic E-state index is 0.0258. The molecule has 8 nitrogen and oxygen atoms in total. The number of primary amides is 1. The van der Waals surface area contributed by atoms with Crippen LogP contribution < -0.4 is 11.1 Å². The van der Waals surface area contributed by atoms with Gasteiger partial charge in [-0.05, 0) is 6.92 Å². The smallest absolute Gasteiger partial charge is 0.313 e. The molecular formula is C11H14N4O4. The number of nitrogens with two attached hydrogens (primary N) is 1. The molecule has 2 heterocycles. The van der Waals surface area contributed by atoms with Crippen molar-refractivity contribution < 1.29 is 19.4 Å². The Labute approximate surface area is 109 Å². The molecule has 19 heavy (non-hydrogen) atoms. The zero-order valence-electron chi connectivity index (χ0n) is 10.3. The van der Waals surface area contributed by atoms with Crippen LogP contribution in [0.1, 0.15) is 17.4 Å². The van der Waals surface area contributed by atoms with Crippen molar-refractivity contribution in [3.63, 3.8) is 0 Å². The van der Waals surface area contributed by atoms with Gasteiger partial charge in [0.2, 0.25) is 0 Å². The largest absolute Gasteiger partial charge is 0.481 e. The molecule has 1 saturated heterocycles. The summed E-state index contributed by atoms with van der Waals surface area (Å²) in [4.78, 5) is 30.3. The molecule has 0 aliphatic carbocycles. The normalized spacial score (nSPS) is 26.1. The van der Waals surface area contributed by atoms with Crippen molar-refractivity contribution in [1.82, 2.24) is 9.97 Å².